The van der Waals surface area contributed by atoms with Crippen molar-refractivity contribution >= 4 is 23.6 Å². The third kappa shape index (κ3) is 6.41. The summed E-state index contributed by atoms with van der Waals surface area (Å²) in [6.45, 7) is 6.41. The van der Waals surface area contributed by atoms with Crippen LogP contribution in [0, 0.1) is 0 Å². The van der Waals surface area contributed by atoms with E-state index in [1.54, 1.807) is 28.0 Å². The Kier molecular flexibility index (Phi) is 9.47. The van der Waals surface area contributed by atoms with E-state index in [1.807, 2.05) is 24.0 Å². The molecular weight excluding hydrogens is 454 g/mol. The number of nitrogens with one attached hydrogen (secondary N) is 4. The zero-order valence-corrected chi connectivity index (χ0v) is 21.6. The highest BCUT2D eigenvalue weighted by Crippen LogP contribution is 2.40. The van der Waals surface area contributed by atoms with Gasteiger partial charge >= 0.3 is 0 Å². The first-order chi connectivity index (χ1) is 16.4. The smallest absolute Gasteiger partial charge is 0.242 e. The molecule has 0 spiro atoms. The molecule has 0 bridgehead atoms. The average molecular weight is 492 g/mol. The van der Waals surface area contributed by atoms with E-state index < -0.39 is 30.2 Å². The molecule has 1 heterocycles. The van der Waals surface area contributed by atoms with Crippen LogP contribution in [0.4, 0.5) is 0 Å². The minimum atomic E-state index is -0.721. The van der Waals surface area contributed by atoms with Crippen LogP contribution in [-0.2, 0) is 25.6 Å². The lowest BCUT2D eigenvalue weighted by Gasteiger charge is -2.43. The topological polar surface area (TPSA) is 138 Å². The van der Waals surface area contributed by atoms with Gasteiger partial charge in [-0.15, -0.1) is 0 Å². The summed E-state index contributed by atoms with van der Waals surface area (Å²) in [7, 11) is 6.40. The normalized spacial score (nSPS) is 19.9. The minimum absolute atomic E-state index is 0.298. The van der Waals surface area contributed by atoms with Crippen molar-refractivity contribution in [1.29, 1.82) is 0 Å². The highest BCUT2D eigenvalue weighted by molar-refractivity contribution is 5.90. The number of carbonyl (C=O) groups is 4. The number of likely N-dealkylation sites (N-methyl/N-ethyl adjacent to an activating group) is 2. The van der Waals surface area contributed by atoms with E-state index in [0.717, 1.165) is 11.1 Å². The lowest BCUT2D eigenvalue weighted by Crippen LogP contribution is -2.58. The van der Waals surface area contributed by atoms with Gasteiger partial charge in [0.1, 0.15) is 12.1 Å². The van der Waals surface area contributed by atoms with Gasteiger partial charge in [0.15, 0.2) is 11.5 Å². The Hall–Kier alpha value is -3.34. The maximum atomic E-state index is 13.2. The van der Waals surface area contributed by atoms with E-state index >= 15 is 0 Å². The molecule has 1 aromatic rings. The molecule has 2 rings (SSSR count). The van der Waals surface area contributed by atoms with E-state index in [-0.39, 0.29) is 23.6 Å². The number of amides is 4. The van der Waals surface area contributed by atoms with Crippen molar-refractivity contribution in [3.05, 3.63) is 23.3 Å². The Labute approximate surface area is 206 Å². The molecule has 4 amide bonds. The van der Waals surface area contributed by atoms with Gasteiger partial charge < -0.3 is 30.7 Å². The van der Waals surface area contributed by atoms with Crippen LogP contribution in [-0.4, -0.2) is 81.0 Å². The van der Waals surface area contributed by atoms with Gasteiger partial charge in [-0.1, -0.05) is 0 Å². The molecule has 11 heteroatoms. The monoisotopic (exact) mass is 491 g/mol. The predicted molar refractivity (Wildman–Crippen MR) is 130 cm³/mol. The number of carbonyl (C=O) groups excluding carboxylic acids is 4. The maximum Gasteiger partial charge on any atom is 0.242 e. The largest absolute Gasteiger partial charge is 0.493 e. The molecule has 1 aliphatic rings. The summed E-state index contributed by atoms with van der Waals surface area (Å²) in [5, 5.41) is 10.8. The number of methoxy groups -OCH3 is 2. The summed E-state index contributed by atoms with van der Waals surface area (Å²) in [4.78, 5) is 51.2. The summed E-state index contributed by atoms with van der Waals surface area (Å²) in [6.07, 6.45) is 0.373. The van der Waals surface area contributed by atoms with Gasteiger partial charge in [-0.2, -0.15) is 0 Å². The van der Waals surface area contributed by atoms with Gasteiger partial charge in [0, 0.05) is 20.0 Å². The first kappa shape index (κ1) is 27.9. The number of fused-ring (bicyclic) bond motifs is 1. The number of rotatable bonds is 9. The SMILES string of the molecule is CNC(=O)[C@H](C)NC(=O)[C@@H]1Cc2cc(OC)c(OC)cc2[C@H]([C@H](C)NC(=O)[C@H](C)NC(C)=O)N1C. The lowest BCUT2D eigenvalue weighted by atomic mass is 9.84. The number of hydrogen-bond acceptors (Lipinski definition) is 7. The zero-order valence-electron chi connectivity index (χ0n) is 21.6. The fraction of sp³-hybridized carbons (Fsp3) is 0.583. The van der Waals surface area contributed by atoms with Crippen LogP contribution in [0.3, 0.4) is 0 Å². The van der Waals surface area contributed by atoms with Gasteiger partial charge in [0.25, 0.3) is 0 Å². The molecule has 194 valence electrons. The summed E-state index contributed by atoms with van der Waals surface area (Å²) < 4.78 is 11.0. The maximum absolute atomic E-state index is 13.2. The van der Waals surface area contributed by atoms with Crippen LogP contribution in [0.5, 0.6) is 11.5 Å². The Balaban J connectivity index is 2.44. The van der Waals surface area contributed by atoms with E-state index in [1.165, 1.54) is 21.1 Å². The van der Waals surface area contributed by atoms with Crippen LogP contribution in [0.2, 0.25) is 0 Å². The molecule has 11 nitrogen and oxygen atoms in total. The molecular formula is C24H37N5O6. The number of nitrogens with zero attached hydrogens (tertiary/aromatic N) is 1. The minimum Gasteiger partial charge on any atom is -0.493 e. The predicted octanol–water partition coefficient (Wildman–Crippen LogP) is -0.119. The quantitative estimate of drug-likeness (QED) is 0.378. The number of benzene rings is 1. The van der Waals surface area contributed by atoms with Crippen molar-refractivity contribution in [2.75, 3.05) is 28.3 Å². The third-order valence-electron chi connectivity index (χ3n) is 6.27. The van der Waals surface area contributed by atoms with E-state index in [0.29, 0.717) is 17.9 Å². The second-order valence-electron chi connectivity index (χ2n) is 8.80. The fourth-order valence-electron chi connectivity index (χ4n) is 4.44. The Bertz CT molecular complexity index is 968. The van der Waals surface area contributed by atoms with Crippen molar-refractivity contribution in [3.8, 4) is 11.5 Å². The molecule has 5 atom stereocenters. The molecule has 35 heavy (non-hydrogen) atoms. The summed E-state index contributed by atoms with van der Waals surface area (Å²) in [5.74, 6) is -0.191. The van der Waals surface area contributed by atoms with Crippen LogP contribution >= 0.6 is 0 Å². The summed E-state index contributed by atoms with van der Waals surface area (Å²) in [5.41, 5.74) is 1.75. The Morgan fingerprint density at radius 2 is 1.51 bits per heavy atom. The van der Waals surface area contributed by atoms with E-state index in [9.17, 15) is 19.2 Å². The molecule has 0 radical (unpaired) electrons. The van der Waals surface area contributed by atoms with Crippen molar-refractivity contribution in [1.82, 2.24) is 26.2 Å². The van der Waals surface area contributed by atoms with Crippen molar-refractivity contribution in [2.45, 2.75) is 64.3 Å². The molecule has 0 fully saturated rings. The summed E-state index contributed by atoms with van der Waals surface area (Å²) >= 11 is 0. The molecule has 1 aromatic carbocycles. The highest BCUT2D eigenvalue weighted by Gasteiger charge is 2.40. The average Bonchev–Trinajstić information content (AvgIpc) is 2.81. The van der Waals surface area contributed by atoms with Crippen LogP contribution in [0.25, 0.3) is 0 Å². The standard InChI is InChI=1S/C24H37N5O6/c1-12(27-23(32)14(3)26-15(4)30)21-17-11-20(35-8)19(34-7)10-16(17)9-18(29(21)6)24(33)28-13(2)22(31)25-5/h10-14,18,21H,9H2,1-8H3,(H,25,31)(H,26,30)(H,27,32)(H,28,33)/t12-,13-,14-,18-,21-/m0/s1. The number of ether oxygens (including phenoxy) is 2. The molecule has 4 N–H and O–H groups in total. The van der Waals surface area contributed by atoms with Crippen LogP contribution < -0.4 is 30.7 Å². The first-order valence-electron chi connectivity index (χ1n) is 11.5. The number of hydrogen-bond donors (Lipinski definition) is 4. The van der Waals surface area contributed by atoms with Gasteiger partial charge in [-0.05, 0) is 57.5 Å². The second-order valence-corrected chi connectivity index (χ2v) is 8.80. The van der Waals surface area contributed by atoms with Crippen molar-refractivity contribution < 1.29 is 28.7 Å². The van der Waals surface area contributed by atoms with Gasteiger partial charge in [0.2, 0.25) is 23.6 Å². The Morgan fingerprint density at radius 1 is 0.943 bits per heavy atom. The summed E-state index contributed by atoms with van der Waals surface area (Å²) in [6, 6.07) is 0.820. The second kappa shape index (κ2) is 11.9. The molecule has 0 saturated heterocycles. The van der Waals surface area contributed by atoms with Crippen molar-refractivity contribution in [3.63, 3.8) is 0 Å². The third-order valence-corrected chi connectivity index (χ3v) is 6.27. The molecule has 1 aliphatic heterocycles. The first-order valence-corrected chi connectivity index (χ1v) is 11.5. The van der Waals surface area contributed by atoms with Gasteiger partial charge in [-0.3, -0.25) is 24.1 Å². The molecule has 0 saturated carbocycles. The molecule has 0 aromatic heterocycles. The molecule has 0 aliphatic carbocycles. The van der Waals surface area contributed by atoms with Gasteiger partial charge in [-0.25, -0.2) is 0 Å². The van der Waals surface area contributed by atoms with E-state index in [2.05, 4.69) is 21.3 Å². The van der Waals surface area contributed by atoms with Crippen LogP contribution in [0.15, 0.2) is 12.1 Å². The van der Waals surface area contributed by atoms with Crippen molar-refractivity contribution in [2.24, 2.45) is 0 Å². The van der Waals surface area contributed by atoms with Gasteiger partial charge in [0.05, 0.1) is 26.3 Å². The van der Waals surface area contributed by atoms with Crippen LogP contribution in [0.1, 0.15) is 44.9 Å². The zero-order chi connectivity index (χ0) is 26.4. The fourth-order valence-corrected chi connectivity index (χ4v) is 4.44. The highest BCUT2D eigenvalue weighted by atomic mass is 16.5. The lowest BCUT2D eigenvalue weighted by molar-refractivity contribution is -0.132. The van der Waals surface area contributed by atoms with E-state index in [4.69, 9.17) is 9.47 Å². The Morgan fingerprint density at radius 3 is 2.06 bits per heavy atom. The molecule has 0 unspecified atom stereocenters.